The smallest absolute Gasteiger partial charge is 0.415 e. The summed E-state index contributed by atoms with van der Waals surface area (Å²) in [6.45, 7) is 3.61. The lowest BCUT2D eigenvalue weighted by atomic mass is 9.95. The number of oxime groups is 1. The summed E-state index contributed by atoms with van der Waals surface area (Å²) in [5, 5.41) is 15.4. The maximum Gasteiger partial charge on any atom is 0.415 e. The molecule has 1 aliphatic heterocycles. The van der Waals surface area contributed by atoms with E-state index in [0.717, 1.165) is 29.5 Å². The molecule has 8 heteroatoms. The third-order valence-corrected chi connectivity index (χ3v) is 5.88. The quantitative estimate of drug-likeness (QED) is 0.266. The molecule has 2 N–H and O–H groups in total. The minimum Gasteiger partial charge on any atom is -0.497 e. The maximum atomic E-state index is 12.3. The van der Waals surface area contributed by atoms with Gasteiger partial charge in [0.25, 0.3) is 5.91 Å². The van der Waals surface area contributed by atoms with Gasteiger partial charge in [-0.25, -0.2) is 4.79 Å². The van der Waals surface area contributed by atoms with Crippen molar-refractivity contribution in [2.24, 2.45) is 5.16 Å². The number of ether oxygens (including phenoxy) is 3. The molecule has 1 atom stereocenters. The van der Waals surface area contributed by atoms with Gasteiger partial charge in [-0.3, -0.25) is 10.1 Å². The van der Waals surface area contributed by atoms with Gasteiger partial charge in [-0.15, -0.1) is 0 Å². The lowest BCUT2D eigenvalue weighted by molar-refractivity contribution is -0.130. The Kier molecular flexibility index (Phi) is 6.73. The van der Waals surface area contributed by atoms with Gasteiger partial charge in [-0.1, -0.05) is 30.6 Å². The second kappa shape index (κ2) is 9.89. The van der Waals surface area contributed by atoms with Crippen molar-refractivity contribution in [2.75, 3.05) is 7.11 Å². The summed E-state index contributed by atoms with van der Waals surface area (Å²) in [4.78, 5) is 23.8. The number of nitrogens with one attached hydrogen (secondary N) is 1. The van der Waals surface area contributed by atoms with Crippen molar-refractivity contribution in [3.8, 4) is 17.2 Å². The first-order chi connectivity index (χ1) is 16.9. The lowest BCUT2D eigenvalue weighted by Crippen LogP contribution is -2.33. The van der Waals surface area contributed by atoms with Crippen LogP contribution < -0.4 is 14.8 Å². The highest BCUT2D eigenvalue weighted by Crippen LogP contribution is 2.34. The lowest BCUT2D eigenvalue weighted by Gasteiger charge is -2.20. The Labute approximate surface area is 203 Å². The molecule has 35 heavy (non-hydrogen) atoms. The van der Waals surface area contributed by atoms with E-state index in [1.165, 1.54) is 0 Å². The average molecular weight is 475 g/mol. The minimum atomic E-state index is -1.42. The molecule has 1 fully saturated rings. The topological polar surface area (TPSA) is 106 Å². The maximum absolute atomic E-state index is 12.3. The van der Waals surface area contributed by atoms with Crippen molar-refractivity contribution in [3.63, 3.8) is 0 Å². The Morgan fingerprint density at radius 3 is 2.40 bits per heavy atom. The molecule has 1 saturated heterocycles. The van der Waals surface area contributed by atoms with Gasteiger partial charge in [0.1, 0.15) is 23.0 Å². The van der Waals surface area contributed by atoms with E-state index in [1.807, 2.05) is 30.3 Å². The van der Waals surface area contributed by atoms with E-state index < -0.39 is 17.6 Å². The van der Waals surface area contributed by atoms with Crippen LogP contribution in [0.25, 0.3) is 0 Å². The van der Waals surface area contributed by atoms with Crippen LogP contribution in [-0.4, -0.2) is 30.0 Å². The number of rotatable bonds is 8. The molecular weight excluding hydrogens is 448 g/mol. The summed E-state index contributed by atoms with van der Waals surface area (Å²) >= 11 is 0. The van der Waals surface area contributed by atoms with E-state index in [9.17, 15) is 14.8 Å². The fraction of sp³-hybridized carbons (Fsp3) is 0.222. The summed E-state index contributed by atoms with van der Waals surface area (Å²) in [5.41, 5.74) is 1.93. The Bertz CT molecular complexity index is 1290. The van der Waals surface area contributed by atoms with Crippen LogP contribution in [0, 0.1) is 0 Å². The molecule has 180 valence electrons. The highest BCUT2D eigenvalue weighted by molar-refractivity contribution is 6.12. The molecule has 8 nitrogen and oxygen atoms in total. The van der Waals surface area contributed by atoms with Gasteiger partial charge in [-0.05, 0) is 73.5 Å². The van der Waals surface area contributed by atoms with Crippen LogP contribution in [0.15, 0.2) is 71.9 Å². The van der Waals surface area contributed by atoms with Crippen LogP contribution >= 0.6 is 0 Å². The van der Waals surface area contributed by atoms with Crippen LogP contribution in [0.3, 0.4) is 0 Å². The molecule has 1 aliphatic rings. The number of amides is 2. The molecule has 0 radical (unpaired) electrons. The number of nitrogens with zero attached hydrogens (tertiary/aromatic N) is 1. The number of hydrogen-bond acceptors (Lipinski definition) is 7. The van der Waals surface area contributed by atoms with Gasteiger partial charge in [0.15, 0.2) is 0 Å². The molecule has 2 amide bonds. The van der Waals surface area contributed by atoms with E-state index in [1.54, 1.807) is 50.4 Å². The monoisotopic (exact) mass is 474 g/mol. The largest absolute Gasteiger partial charge is 0.497 e. The molecule has 1 heterocycles. The van der Waals surface area contributed by atoms with Gasteiger partial charge >= 0.3 is 6.09 Å². The van der Waals surface area contributed by atoms with Crippen LogP contribution in [0.1, 0.15) is 42.5 Å². The number of cyclic esters (lactones) is 1. The van der Waals surface area contributed by atoms with Crippen molar-refractivity contribution in [3.05, 3.63) is 89.0 Å². The molecule has 0 bridgehead atoms. The molecule has 0 unspecified atom stereocenters. The van der Waals surface area contributed by atoms with E-state index in [-0.39, 0.29) is 0 Å². The Balaban J connectivity index is 1.64. The summed E-state index contributed by atoms with van der Waals surface area (Å²) < 4.78 is 16.6. The predicted octanol–water partition coefficient (Wildman–Crippen LogP) is 5.15. The Morgan fingerprint density at radius 1 is 1.03 bits per heavy atom. The second-order valence-electron chi connectivity index (χ2n) is 8.26. The Hall–Kier alpha value is -4.33. The van der Waals surface area contributed by atoms with Crippen molar-refractivity contribution in [1.29, 1.82) is 0 Å². The number of hydrogen-bond donors (Lipinski definition) is 2. The summed E-state index contributed by atoms with van der Waals surface area (Å²) in [5.74, 6) is 1.32. The van der Waals surface area contributed by atoms with Gasteiger partial charge in [0.2, 0.25) is 5.60 Å². The van der Waals surface area contributed by atoms with Crippen LogP contribution in [0.5, 0.6) is 17.2 Å². The van der Waals surface area contributed by atoms with Crippen LogP contribution in [-0.2, 0) is 21.6 Å². The van der Waals surface area contributed by atoms with Gasteiger partial charge in [0.05, 0.1) is 7.11 Å². The van der Waals surface area contributed by atoms with Crippen LogP contribution in [0.2, 0.25) is 0 Å². The number of carbonyl (C=O) groups is 2. The number of methoxy groups -OCH3 is 1. The first-order valence-electron chi connectivity index (χ1n) is 11.2. The Morgan fingerprint density at radius 2 is 1.77 bits per heavy atom. The minimum absolute atomic E-state index is 0.431. The molecule has 4 rings (SSSR count). The highest BCUT2D eigenvalue weighted by Gasteiger charge is 2.46. The molecule has 3 aromatic rings. The van der Waals surface area contributed by atoms with Gasteiger partial charge in [0, 0.05) is 16.7 Å². The predicted molar refractivity (Wildman–Crippen MR) is 129 cm³/mol. The number of carbonyl (C=O) groups excluding carboxylic acids is 2. The van der Waals surface area contributed by atoms with E-state index in [4.69, 9.17) is 14.2 Å². The average Bonchev–Trinajstić information content (AvgIpc) is 3.13. The van der Waals surface area contributed by atoms with Gasteiger partial charge < -0.3 is 19.4 Å². The first-order valence-corrected chi connectivity index (χ1v) is 11.2. The second-order valence-corrected chi connectivity index (χ2v) is 8.26. The fourth-order valence-electron chi connectivity index (χ4n) is 3.96. The molecule has 0 aliphatic carbocycles. The van der Waals surface area contributed by atoms with Crippen LogP contribution in [0.4, 0.5) is 4.79 Å². The molecule has 0 spiro atoms. The zero-order chi connectivity index (χ0) is 25.0. The molecule has 0 saturated carbocycles. The standard InChI is InChI=1S/C27H26N2O6/c1-4-6-18-15-19(24(29-32)17-9-12-21(33-3)13-10-17)11-14-23(18)34-22-8-5-7-20(16-22)27(2)25(30)28-26(31)35-27/h5,7-16,32H,4,6H2,1-3H3,(H,28,30,31)/b29-24-/t27-/m1/s1. The van der Waals surface area contributed by atoms with Crippen molar-refractivity contribution in [1.82, 2.24) is 5.32 Å². The zero-order valence-corrected chi connectivity index (χ0v) is 19.7. The summed E-state index contributed by atoms with van der Waals surface area (Å²) in [6.07, 6.45) is 0.840. The zero-order valence-electron chi connectivity index (χ0n) is 19.7. The van der Waals surface area contributed by atoms with Crippen molar-refractivity contribution in [2.45, 2.75) is 32.3 Å². The van der Waals surface area contributed by atoms with Gasteiger partial charge in [-0.2, -0.15) is 0 Å². The van der Waals surface area contributed by atoms with E-state index in [2.05, 4.69) is 17.4 Å². The van der Waals surface area contributed by atoms with Crippen molar-refractivity contribution >= 4 is 17.7 Å². The third kappa shape index (κ3) is 4.82. The van der Waals surface area contributed by atoms with E-state index >= 15 is 0 Å². The van der Waals surface area contributed by atoms with Crippen molar-refractivity contribution < 1.29 is 29.0 Å². The number of aryl methyl sites for hydroxylation is 1. The highest BCUT2D eigenvalue weighted by atomic mass is 16.6. The number of benzene rings is 3. The SMILES string of the molecule is CCCc1cc(/C(=N\O)c2ccc(OC)cc2)ccc1Oc1cccc([C@@]2(C)OC(=O)NC2=O)c1. The summed E-state index contributed by atoms with van der Waals surface area (Å²) in [6, 6.07) is 19.8. The molecular formula is C27H26N2O6. The normalized spacial score (nSPS) is 17.6. The molecule has 3 aromatic carbocycles. The first kappa shape index (κ1) is 23.8. The number of imide groups is 1. The number of alkyl carbamates (subject to hydrolysis) is 1. The molecule has 0 aromatic heterocycles. The third-order valence-electron chi connectivity index (χ3n) is 5.88. The van der Waals surface area contributed by atoms with E-state index in [0.29, 0.717) is 28.5 Å². The fourth-order valence-corrected chi connectivity index (χ4v) is 3.96. The summed E-state index contributed by atoms with van der Waals surface area (Å²) in [7, 11) is 1.59.